The third-order valence-corrected chi connectivity index (χ3v) is 9.52. The summed E-state index contributed by atoms with van der Waals surface area (Å²) < 4.78 is 12.6. The number of fused-ring (bicyclic) bond motifs is 8. The molecule has 0 amide bonds. The Morgan fingerprint density at radius 2 is 0.935 bits per heavy atom. The van der Waals surface area contributed by atoms with Gasteiger partial charge in [0.2, 0.25) is 0 Å². The van der Waals surface area contributed by atoms with Crippen molar-refractivity contribution in [1.82, 2.24) is 0 Å². The van der Waals surface area contributed by atoms with Crippen LogP contribution in [0.25, 0.3) is 98.6 Å². The molecule has 10 rings (SSSR count). The minimum atomic E-state index is 0.861. The van der Waals surface area contributed by atoms with Crippen LogP contribution in [0.3, 0.4) is 0 Å². The number of hydrogen-bond donors (Lipinski definition) is 0. The molecule has 0 aliphatic heterocycles. The first-order valence-corrected chi connectivity index (χ1v) is 15.7. The van der Waals surface area contributed by atoms with Gasteiger partial charge >= 0.3 is 0 Å². The zero-order valence-corrected chi connectivity index (χ0v) is 24.8. The molecule has 0 radical (unpaired) electrons. The number of hydrogen-bond acceptors (Lipinski definition) is 2. The monoisotopic (exact) mass is 586 g/mol. The molecule has 2 nitrogen and oxygen atoms in total. The van der Waals surface area contributed by atoms with Gasteiger partial charge in [-0.15, -0.1) is 0 Å². The Balaban J connectivity index is 1.24. The molecule has 2 heteroatoms. The first kappa shape index (κ1) is 25.2. The van der Waals surface area contributed by atoms with E-state index in [1.807, 2.05) is 24.5 Å². The zero-order valence-electron chi connectivity index (χ0n) is 24.8. The van der Waals surface area contributed by atoms with E-state index >= 15 is 0 Å². The highest BCUT2D eigenvalue weighted by molar-refractivity contribution is 6.24. The second-order valence-electron chi connectivity index (χ2n) is 12.0. The summed E-state index contributed by atoms with van der Waals surface area (Å²) in [5, 5.41) is 10.7. The minimum Gasteiger partial charge on any atom is -0.464 e. The van der Waals surface area contributed by atoms with Crippen molar-refractivity contribution < 1.29 is 8.83 Å². The maximum atomic E-state index is 6.60. The molecular weight excluding hydrogens is 560 g/mol. The molecule has 0 atom stereocenters. The Morgan fingerprint density at radius 3 is 1.65 bits per heavy atom. The van der Waals surface area contributed by atoms with Gasteiger partial charge in [-0.25, -0.2) is 0 Å². The van der Waals surface area contributed by atoms with Crippen molar-refractivity contribution in [2.45, 2.75) is 0 Å². The van der Waals surface area contributed by atoms with Gasteiger partial charge in [-0.3, -0.25) is 0 Å². The van der Waals surface area contributed by atoms with Crippen molar-refractivity contribution in [2.75, 3.05) is 0 Å². The second-order valence-corrected chi connectivity index (χ2v) is 12.0. The predicted molar refractivity (Wildman–Crippen MR) is 192 cm³/mol. The topological polar surface area (TPSA) is 26.3 Å². The molecule has 0 unspecified atom stereocenters. The van der Waals surface area contributed by atoms with Crippen molar-refractivity contribution in [1.29, 1.82) is 0 Å². The van der Waals surface area contributed by atoms with Gasteiger partial charge in [0.1, 0.15) is 16.7 Å². The molecule has 0 bridgehead atoms. The van der Waals surface area contributed by atoms with Gasteiger partial charge in [0.05, 0.1) is 6.26 Å². The SMILES string of the molecule is c1ccc(-c2coc3ccc4oc5cc(-c6c7ccccc7c(-c7ccc8ccccc8c7)c7ccccc67)ccc5c4c23)cc1. The van der Waals surface area contributed by atoms with Crippen molar-refractivity contribution in [3.63, 3.8) is 0 Å². The Labute approximate surface area is 264 Å². The molecule has 0 fully saturated rings. The van der Waals surface area contributed by atoms with Gasteiger partial charge < -0.3 is 8.83 Å². The van der Waals surface area contributed by atoms with Crippen LogP contribution in [0.15, 0.2) is 167 Å². The molecule has 0 saturated carbocycles. The highest BCUT2D eigenvalue weighted by atomic mass is 16.3. The van der Waals surface area contributed by atoms with Gasteiger partial charge in [0.15, 0.2) is 0 Å². The predicted octanol–water partition coefficient (Wildman–Crippen LogP) is 12.8. The molecule has 0 aliphatic rings. The summed E-state index contributed by atoms with van der Waals surface area (Å²) in [5.41, 5.74) is 9.64. The van der Waals surface area contributed by atoms with Crippen LogP contribution in [0.5, 0.6) is 0 Å². The quantitative estimate of drug-likeness (QED) is 0.193. The van der Waals surface area contributed by atoms with E-state index < -0.39 is 0 Å². The third-order valence-electron chi connectivity index (χ3n) is 9.52. The molecule has 0 aliphatic carbocycles. The van der Waals surface area contributed by atoms with Crippen LogP contribution in [0.1, 0.15) is 0 Å². The van der Waals surface area contributed by atoms with E-state index in [-0.39, 0.29) is 0 Å². The fraction of sp³-hybridized carbons (Fsp3) is 0. The summed E-state index contributed by atoms with van der Waals surface area (Å²) in [5.74, 6) is 0. The molecule has 214 valence electrons. The molecule has 8 aromatic carbocycles. The molecule has 2 aromatic heterocycles. The summed E-state index contributed by atoms with van der Waals surface area (Å²) in [7, 11) is 0. The minimum absolute atomic E-state index is 0.861. The summed E-state index contributed by atoms with van der Waals surface area (Å²) >= 11 is 0. The third kappa shape index (κ3) is 3.65. The highest BCUT2D eigenvalue weighted by Crippen LogP contribution is 2.46. The van der Waals surface area contributed by atoms with Crippen LogP contribution < -0.4 is 0 Å². The summed E-state index contributed by atoms with van der Waals surface area (Å²) in [6.07, 6.45) is 1.86. The van der Waals surface area contributed by atoms with E-state index in [0.717, 1.165) is 49.6 Å². The first-order valence-electron chi connectivity index (χ1n) is 15.7. The maximum absolute atomic E-state index is 6.60. The molecule has 10 aromatic rings. The van der Waals surface area contributed by atoms with Crippen molar-refractivity contribution in [2.24, 2.45) is 0 Å². The normalized spacial score (nSPS) is 11.9. The van der Waals surface area contributed by atoms with Crippen LogP contribution in [-0.4, -0.2) is 0 Å². The Morgan fingerprint density at radius 1 is 0.348 bits per heavy atom. The lowest BCUT2D eigenvalue weighted by Crippen LogP contribution is -1.91. The smallest absolute Gasteiger partial charge is 0.136 e. The van der Waals surface area contributed by atoms with Crippen molar-refractivity contribution in [3.8, 4) is 33.4 Å². The van der Waals surface area contributed by atoms with Gasteiger partial charge in [-0.05, 0) is 90.5 Å². The largest absolute Gasteiger partial charge is 0.464 e. The lowest BCUT2D eigenvalue weighted by molar-refractivity contribution is 0.616. The lowest BCUT2D eigenvalue weighted by Gasteiger charge is -2.18. The van der Waals surface area contributed by atoms with Crippen LogP contribution in [0, 0.1) is 0 Å². The summed E-state index contributed by atoms with van der Waals surface area (Å²) in [6.45, 7) is 0. The van der Waals surface area contributed by atoms with Gasteiger partial charge in [0, 0.05) is 21.7 Å². The Bertz CT molecular complexity index is 2740. The van der Waals surface area contributed by atoms with Gasteiger partial charge in [-0.2, -0.15) is 0 Å². The Hall–Kier alpha value is -6.12. The molecular formula is C44H26O2. The van der Waals surface area contributed by atoms with Crippen LogP contribution in [0.2, 0.25) is 0 Å². The van der Waals surface area contributed by atoms with Crippen LogP contribution in [-0.2, 0) is 0 Å². The van der Waals surface area contributed by atoms with E-state index in [1.165, 1.54) is 49.0 Å². The zero-order chi connectivity index (χ0) is 30.2. The number of benzene rings is 8. The van der Waals surface area contributed by atoms with Gasteiger partial charge in [-0.1, -0.05) is 121 Å². The molecule has 0 spiro atoms. The van der Waals surface area contributed by atoms with E-state index in [2.05, 4.69) is 133 Å². The Kier molecular flexibility index (Phi) is 5.31. The molecule has 2 heterocycles. The summed E-state index contributed by atoms with van der Waals surface area (Å²) in [4.78, 5) is 0. The van der Waals surface area contributed by atoms with E-state index in [4.69, 9.17) is 8.83 Å². The van der Waals surface area contributed by atoms with Crippen LogP contribution >= 0.6 is 0 Å². The maximum Gasteiger partial charge on any atom is 0.136 e. The fourth-order valence-corrected chi connectivity index (χ4v) is 7.48. The van der Waals surface area contributed by atoms with Gasteiger partial charge in [0.25, 0.3) is 0 Å². The molecule has 46 heavy (non-hydrogen) atoms. The first-order chi connectivity index (χ1) is 22.8. The van der Waals surface area contributed by atoms with E-state index in [1.54, 1.807) is 0 Å². The number of furan rings is 2. The van der Waals surface area contributed by atoms with Crippen molar-refractivity contribution >= 4 is 65.2 Å². The standard InChI is InChI=1S/C44H26O2/c1-2-11-28(12-3-1)37-26-45-38-22-23-39-43(44(37)38)36-21-20-31(25-40(36)46-39)42-34-16-8-6-14-32(34)41(33-15-7-9-17-35(33)42)30-19-18-27-10-4-5-13-29(27)24-30/h1-26H. The molecule has 0 N–H and O–H groups in total. The average molecular weight is 587 g/mol. The fourth-order valence-electron chi connectivity index (χ4n) is 7.48. The second kappa shape index (κ2) is 9.69. The highest BCUT2D eigenvalue weighted by Gasteiger charge is 2.20. The van der Waals surface area contributed by atoms with Crippen LogP contribution in [0.4, 0.5) is 0 Å². The lowest BCUT2D eigenvalue weighted by atomic mass is 9.85. The summed E-state index contributed by atoms with van der Waals surface area (Å²) in [6, 6.07) is 54.2. The van der Waals surface area contributed by atoms with E-state index in [0.29, 0.717) is 0 Å². The van der Waals surface area contributed by atoms with E-state index in [9.17, 15) is 0 Å². The van der Waals surface area contributed by atoms with Crippen molar-refractivity contribution in [3.05, 3.63) is 158 Å². The molecule has 0 saturated heterocycles. The average Bonchev–Trinajstić information content (AvgIpc) is 3.72. The number of rotatable bonds is 3.